The van der Waals surface area contributed by atoms with E-state index in [0.29, 0.717) is 25.7 Å². The Balaban J connectivity index is 6.51. The molecule has 0 aromatic carbocycles. The third kappa shape index (κ3) is 10.1. The molecule has 0 spiro atoms. The van der Waals surface area contributed by atoms with Gasteiger partial charge in [0.1, 0.15) is 0 Å². The first-order valence-corrected chi connectivity index (χ1v) is 14.8. The Morgan fingerprint density at radius 2 is 0.548 bits per heavy atom. The lowest BCUT2D eigenvalue weighted by atomic mass is 9.77. The van der Waals surface area contributed by atoms with E-state index in [9.17, 15) is 16.8 Å². The summed E-state index contributed by atoms with van der Waals surface area (Å²) in [5, 5.41) is -0.786. The van der Waals surface area contributed by atoms with E-state index in [4.69, 9.17) is 0 Å². The van der Waals surface area contributed by atoms with Crippen molar-refractivity contribution in [2.45, 2.75) is 132 Å². The van der Waals surface area contributed by atoms with Crippen LogP contribution in [0.5, 0.6) is 0 Å². The third-order valence-electron chi connectivity index (χ3n) is 5.43. The van der Waals surface area contributed by atoms with E-state index < -0.39 is 34.3 Å². The van der Waals surface area contributed by atoms with E-state index in [1.54, 1.807) is 13.8 Å². The lowest BCUT2D eigenvalue weighted by Gasteiger charge is -2.42. The molecule has 188 valence electrons. The van der Waals surface area contributed by atoms with Crippen LogP contribution in [0.15, 0.2) is 0 Å². The van der Waals surface area contributed by atoms with Crippen LogP contribution in [-0.4, -0.2) is 31.4 Å². The molecule has 0 atom stereocenters. The minimum Gasteiger partial charge on any atom is -0.227 e. The van der Waals surface area contributed by atoms with E-state index in [1.807, 2.05) is 83.1 Å². The summed E-state index contributed by atoms with van der Waals surface area (Å²) in [5.74, 6) is 0. The molecule has 0 fully saturated rings. The SMILES string of the molecule is CC(C)(C)CC(C)(CC(C)(C)C)S(=O)(=O)CS(=O)(=O)C(C)(CC(C)(C)C)CC(C)(C)C. The van der Waals surface area contributed by atoms with Gasteiger partial charge in [-0.2, -0.15) is 0 Å². The molecule has 31 heavy (non-hydrogen) atoms. The quantitative estimate of drug-likeness (QED) is 0.374. The average molecular weight is 481 g/mol. The van der Waals surface area contributed by atoms with Crippen molar-refractivity contribution in [1.29, 1.82) is 0 Å². The summed E-state index contributed by atoms with van der Waals surface area (Å²) in [6.07, 6.45) is 1.68. The fourth-order valence-corrected chi connectivity index (χ4v) is 12.1. The van der Waals surface area contributed by atoms with Gasteiger partial charge >= 0.3 is 0 Å². The minimum atomic E-state index is -3.93. The van der Waals surface area contributed by atoms with Gasteiger partial charge in [-0.1, -0.05) is 83.1 Å². The fourth-order valence-electron chi connectivity index (χ4n) is 5.54. The van der Waals surface area contributed by atoms with Crippen molar-refractivity contribution in [2.24, 2.45) is 21.7 Å². The van der Waals surface area contributed by atoms with Crippen LogP contribution in [0.3, 0.4) is 0 Å². The van der Waals surface area contributed by atoms with E-state index in [2.05, 4.69) is 0 Å². The van der Waals surface area contributed by atoms with Gasteiger partial charge in [-0.3, -0.25) is 0 Å². The number of hydrogen-bond donors (Lipinski definition) is 0. The van der Waals surface area contributed by atoms with Gasteiger partial charge in [0.2, 0.25) is 0 Å². The van der Waals surface area contributed by atoms with Crippen LogP contribution in [0.1, 0.15) is 123 Å². The topological polar surface area (TPSA) is 68.3 Å². The van der Waals surface area contributed by atoms with Crippen molar-refractivity contribution in [2.75, 3.05) is 5.08 Å². The molecule has 0 saturated heterocycles. The maximum Gasteiger partial charge on any atom is 0.170 e. The summed E-state index contributed by atoms with van der Waals surface area (Å²) in [7, 11) is -7.86. The summed E-state index contributed by atoms with van der Waals surface area (Å²) in [6.45, 7) is 27.7. The zero-order chi connectivity index (χ0) is 25.5. The summed E-state index contributed by atoms with van der Waals surface area (Å²) in [4.78, 5) is 0. The van der Waals surface area contributed by atoms with E-state index in [1.165, 1.54) is 0 Å². The number of hydrogen-bond acceptors (Lipinski definition) is 4. The highest BCUT2D eigenvalue weighted by Gasteiger charge is 2.51. The van der Waals surface area contributed by atoms with Crippen molar-refractivity contribution in [3.05, 3.63) is 0 Å². The first-order chi connectivity index (χ1) is 13.0. The molecule has 0 amide bonds. The van der Waals surface area contributed by atoms with Gasteiger partial charge in [-0.15, -0.1) is 0 Å². The summed E-state index contributed by atoms with van der Waals surface area (Å²) in [5.41, 5.74) is -0.957. The summed E-state index contributed by atoms with van der Waals surface area (Å²) < 4.78 is 53.1. The van der Waals surface area contributed by atoms with Crippen LogP contribution in [0, 0.1) is 21.7 Å². The first kappa shape index (κ1) is 30.9. The van der Waals surface area contributed by atoms with Gasteiger partial charge < -0.3 is 0 Å². The standard InChI is InChI=1S/C25H52O4S2/c1-20(2,3)15-24(13,16-21(4,5)6)30(26,27)19-31(28,29)25(14,17-22(7,8)9)18-23(10,11)12/h15-19H2,1-14H3. The highest BCUT2D eigenvalue weighted by molar-refractivity contribution is 8.09. The second-order valence-electron chi connectivity index (χ2n) is 15.2. The molecule has 4 nitrogen and oxygen atoms in total. The zero-order valence-electron chi connectivity index (χ0n) is 23.0. The van der Waals surface area contributed by atoms with Gasteiger partial charge in [0, 0.05) is 0 Å². The van der Waals surface area contributed by atoms with Crippen LogP contribution in [-0.2, 0) is 19.7 Å². The molecule has 0 aromatic heterocycles. The predicted molar refractivity (Wildman–Crippen MR) is 136 cm³/mol. The molecule has 0 unspecified atom stereocenters. The van der Waals surface area contributed by atoms with Crippen LogP contribution in [0.4, 0.5) is 0 Å². The Hall–Kier alpha value is -0.100. The van der Waals surface area contributed by atoms with Crippen molar-refractivity contribution >= 4 is 19.7 Å². The molecule has 0 aromatic rings. The van der Waals surface area contributed by atoms with Gasteiger partial charge in [0.15, 0.2) is 24.8 Å². The van der Waals surface area contributed by atoms with Gasteiger partial charge in [-0.25, -0.2) is 16.8 Å². The second-order valence-corrected chi connectivity index (χ2v) is 20.6. The number of sulfone groups is 2. The lowest BCUT2D eigenvalue weighted by molar-refractivity contribution is 0.246. The van der Waals surface area contributed by atoms with Crippen LogP contribution < -0.4 is 0 Å². The Labute approximate surface area is 195 Å². The highest BCUT2D eigenvalue weighted by Crippen LogP contribution is 2.45. The second kappa shape index (κ2) is 8.92. The molecule has 0 aliphatic carbocycles. The first-order valence-electron chi connectivity index (χ1n) is 11.5. The van der Waals surface area contributed by atoms with Crippen LogP contribution in [0.2, 0.25) is 0 Å². The molecule has 0 radical (unpaired) electrons. The molecule has 0 bridgehead atoms. The van der Waals surface area contributed by atoms with Gasteiger partial charge in [-0.05, 0) is 61.2 Å². The van der Waals surface area contributed by atoms with Crippen LogP contribution in [0.25, 0.3) is 0 Å². The molecule has 0 rings (SSSR count). The maximum absolute atomic E-state index is 13.8. The molecule has 0 N–H and O–H groups in total. The van der Waals surface area contributed by atoms with E-state index >= 15 is 0 Å². The van der Waals surface area contributed by atoms with Crippen molar-refractivity contribution in [3.63, 3.8) is 0 Å². The maximum atomic E-state index is 13.8. The highest BCUT2D eigenvalue weighted by atomic mass is 32.3. The molecule has 0 heterocycles. The van der Waals surface area contributed by atoms with Crippen molar-refractivity contribution in [3.8, 4) is 0 Å². The van der Waals surface area contributed by atoms with E-state index in [0.717, 1.165) is 0 Å². The molecular weight excluding hydrogens is 428 g/mol. The zero-order valence-corrected chi connectivity index (χ0v) is 24.6. The largest absolute Gasteiger partial charge is 0.227 e. The Morgan fingerprint density at radius 1 is 0.387 bits per heavy atom. The monoisotopic (exact) mass is 480 g/mol. The Kier molecular flexibility index (Phi) is 8.90. The summed E-state index contributed by atoms with van der Waals surface area (Å²) >= 11 is 0. The number of rotatable bonds is 8. The Bertz CT molecular complexity index is 705. The molecular formula is C25H52O4S2. The lowest BCUT2D eigenvalue weighted by Crippen LogP contribution is -2.49. The third-order valence-corrected chi connectivity index (χ3v) is 11.5. The van der Waals surface area contributed by atoms with Gasteiger partial charge in [0.25, 0.3) is 0 Å². The average Bonchev–Trinajstić information content (AvgIpc) is 2.26. The Morgan fingerprint density at radius 3 is 0.677 bits per heavy atom. The molecule has 0 aliphatic rings. The molecule has 6 heteroatoms. The van der Waals surface area contributed by atoms with Crippen molar-refractivity contribution in [1.82, 2.24) is 0 Å². The molecule has 0 saturated carbocycles. The fraction of sp³-hybridized carbons (Fsp3) is 1.00. The van der Waals surface area contributed by atoms with E-state index in [-0.39, 0.29) is 21.7 Å². The molecule has 0 aliphatic heterocycles. The van der Waals surface area contributed by atoms with Gasteiger partial charge in [0.05, 0.1) is 9.49 Å². The minimum absolute atomic E-state index is 0.239. The van der Waals surface area contributed by atoms with Crippen LogP contribution >= 0.6 is 0 Å². The normalized spacial score (nSPS) is 15.9. The summed E-state index contributed by atoms with van der Waals surface area (Å²) in [6, 6.07) is 0. The smallest absolute Gasteiger partial charge is 0.170 e. The van der Waals surface area contributed by atoms with Crippen molar-refractivity contribution < 1.29 is 16.8 Å². The predicted octanol–water partition coefficient (Wildman–Crippen LogP) is 7.04.